The van der Waals surface area contributed by atoms with E-state index in [-0.39, 0.29) is 12.6 Å². The summed E-state index contributed by atoms with van der Waals surface area (Å²) in [5.74, 6) is 0. The fourth-order valence-electron chi connectivity index (χ4n) is 2.95. The maximum atomic E-state index is 12.1. The van der Waals surface area contributed by atoms with Gasteiger partial charge in [0, 0.05) is 37.3 Å². The molecular weight excluding hydrogens is 379 g/mol. The van der Waals surface area contributed by atoms with Gasteiger partial charge in [0.1, 0.15) is 6.23 Å². The third-order valence-corrected chi connectivity index (χ3v) is 5.95. The minimum atomic E-state index is -1.42. The number of rotatable bonds is 7. The number of nitrogens with two attached hydrogens (primary N) is 1. The molecule has 4 atom stereocenters. The molecule has 3 heterocycles. The van der Waals surface area contributed by atoms with E-state index in [1.807, 2.05) is 4.67 Å². The molecule has 152 valence electrons. The fraction of sp³-hybridized carbons (Fsp3) is 0.733. The number of aryl methyl sites for hydroxylation is 1. The van der Waals surface area contributed by atoms with Crippen LogP contribution >= 0.6 is 8.53 Å². The zero-order chi connectivity index (χ0) is 19.4. The van der Waals surface area contributed by atoms with Gasteiger partial charge in [-0.2, -0.15) is 4.67 Å². The van der Waals surface area contributed by atoms with Crippen molar-refractivity contribution in [3.8, 4) is 0 Å². The van der Waals surface area contributed by atoms with Gasteiger partial charge in [0.05, 0.1) is 33.0 Å². The second-order valence-corrected chi connectivity index (χ2v) is 7.80. The second kappa shape index (κ2) is 9.35. The Morgan fingerprint density at radius 3 is 2.81 bits per heavy atom. The van der Waals surface area contributed by atoms with Crippen LogP contribution in [-0.4, -0.2) is 66.4 Å². The summed E-state index contributed by atoms with van der Waals surface area (Å²) < 4.78 is 25.7. The first-order valence-electron chi connectivity index (χ1n) is 8.69. The smallest absolute Gasteiger partial charge is 0.330 e. The van der Waals surface area contributed by atoms with Crippen LogP contribution in [0.3, 0.4) is 0 Å². The van der Waals surface area contributed by atoms with E-state index in [1.165, 1.54) is 17.9 Å². The van der Waals surface area contributed by atoms with Crippen molar-refractivity contribution in [3.05, 3.63) is 32.6 Å². The van der Waals surface area contributed by atoms with Crippen molar-refractivity contribution >= 4 is 8.53 Å². The van der Waals surface area contributed by atoms with E-state index < -0.39 is 32.1 Å². The van der Waals surface area contributed by atoms with Crippen molar-refractivity contribution in [2.45, 2.75) is 31.7 Å². The molecule has 1 aromatic rings. The minimum Gasteiger partial charge on any atom is -0.379 e. The predicted molar refractivity (Wildman–Crippen MR) is 95.9 cm³/mol. The molecule has 0 radical (unpaired) electrons. The van der Waals surface area contributed by atoms with Crippen molar-refractivity contribution in [2.75, 3.05) is 40.0 Å². The van der Waals surface area contributed by atoms with E-state index in [0.717, 1.165) is 0 Å². The van der Waals surface area contributed by atoms with Crippen molar-refractivity contribution in [1.29, 1.82) is 0 Å². The van der Waals surface area contributed by atoms with Gasteiger partial charge in [0.25, 0.3) is 14.1 Å². The van der Waals surface area contributed by atoms with Crippen molar-refractivity contribution in [1.82, 2.24) is 14.2 Å². The topological polar surface area (TPSA) is 130 Å². The van der Waals surface area contributed by atoms with Gasteiger partial charge in [-0.15, -0.1) is 0 Å². The molecule has 12 heteroatoms. The highest BCUT2D eigenvalue weighted by atomic mass is 31.2. The third kappa shape index (κ3) is 5.01. The lowest BCUT2D eigenvalue weighted by atomic mass is 10.1. The fourth-order valence-corrected chi connectivity index (χ4v) is 4.15. The highest BCUT2D eigenvalue weighted by Crippen LogP contribution is 2.44. The van der Waals surface area contributed by atoms with E-state index in [2.05, 4.69) is 4.98 Å². The number of nitrogens with one attached hydrogen (secondary N) is 1. The average Bonchev–Trinajstić information content (AvgIpc) is 3.03. The van der Waals surface area contributed by atoms with Crippen LogP contribution in [0.25, 0.3) is 0 Å². The van der Waals surface area contributed by atoms with Crippen LogP contribution in [-0.2, 0) is 23.6 Å². The summed E-state index contributed by atoms with van der Waals surface area (Å²) in [6, 6.07) is -0.321. The maximum Gasteiger partial charge on any atom is 0.330 e. The summed E-state index contributed by atoms with van der Waals surface area (Å²) in [7, 11) is 0.00965. The molecule has 0 spiro atoms. The Bertz CT molecular complexity index is 736. The van der Waals surface area contributed by atoms with Crippen LogP contribution in [0.1, 0.15) is 18.2 Å². The molecule has 0 aliphatic carbocycles. The first-order chi connectivity index (χ1) is 13.0. The van der Waals surface area contributed by atoms with Crippen molar-refractivity contribution in [2.24, 2.45) is 5.73 Å². The molecule has 3 N–H and O–H groups in total. The van der Waals surface area contributed by atoms with E-state index in [1.54, 1.807) is 6.92 Å². The van der Waals surface area contributed by atoms with Gasteiger partial charge in [-0.3, -0.25) is 14.3 Å². The Balaban J connectivity index is 1.61. The SMILES string of the molecule is COOP(OCC1OC(n2cc(C)c(=O)[nH]c2=O)C[C@H]1N)N1CCOCC1. The molecule has 0 bridgehead atoms. The molecule has 1 aromatic heterocycles. The molecule has 2 aliphatic rings. The maximum absolute atomic E-state index is 12.1. The standard InChI is InChI=1S/C15H25N4O7P/c1-10-8-19(15(21)17-14(10)20)13-7-11(16)12(25-13)9-24-27(26-22-2)18-3-5-23-6-4-18/h8,11-13H,3-7,9,16H2,1-2H3,(H,17,20,21)/t11-,12?,13?,27?/m1/s1. The van der Waals surface area contributed by atoms with Gasteiger partial charge >= 0.3 is 5.69 Å². The predicted octanol–water partition coefficient (Wildman–Crippen LogP) is -0.386. The summed E-state index contributed by atoms with van der Waals surface area (Å²) in [5.41, 5.74) is 5.66. The zero-order valence-electron chi connectivity index (χ0n) is 15.3. The van der Waals surface area contributed by atoms with E-state index in [4.69, 9.17) is 29.3 Å². The summed E-state index contributed by atoms with van der Waals surface area (Å²) in [5, 5.41) is 0. The second-order valence-electron chi connectivity index (χ2n) is 6.35. The molecule has 2 fully saturated rings. The molecule has 2 aliphatic heterocycles. The van der Waals surface area contributed by atoms with Crippen LogP contribution in [0.4, 0.5) is 0 Å². The Morgan fingerprint density at radius 1 is 1.37 bits per heavy atom. The van der Waals surface area contributed by atoms with Gasteiger partial charge in [0.15, 0.2) is 0 Å². The number of nitrogens with zero attached hydrogens (tertiary/aromatic N) is 2. The summed E-state index contributed by atoms with van der Waals surface area (Å²) in [6.45, 7) is 4.39. The number of hydrogen-bond acceptors (Lipinski definition) is 9. The molecule has 0 saturated carbocycles. The molecule has 3 rings (SSSR count). The quantitative estimate of drug-likeness (QED) is 0.354. The van der Waals surface area contributed by atoms with Gasteiger partial charge < -0.3 is 19.7 Å². The van der Waals surface area contributed by atoms with Crippen LogP contribution in [0.2, 0.25) is 0 Å². The Hall–Kier alpha value is -1.17. The van der Waals surface area contributed by atoms with Crippen LogP contribution in [0.15, 0.2) is 15.8 Å². The van der Waals surface area contributed by atoms with Crippen LogP contribution in [0, 0.1) is 6.92 Å². The highest BCUT2D eigenvalue weighted by molar-refractivity contribution is 7.44. The molecule has 27 heavy (non-hydrogen) atoms. The zero-order valence-corrected chi connectivity index (χ0v) is 16.2. The van der Waals surface area contributed by atoms with Gasteiger partial charge in [-0.05, 0) is 6.92 Å². The molecule has 3 unspecified atom stereocenters. The monoisotopic (exact) mass is 404 g/mol. The number of H-pyrrole nitrogens is 1. The Labute approximate surface area is 157 Å². The average molecular weight is 404 g/mol. The van der Waals surface area contributed by atoms with Crippen molar-refractivity contribution in [3.63, 3.8) is 0 Å². The Morgan fingerprint density at radius 2 is 2.11 bits per heavy atom. The number of ether oxygens (including phenoxy) is 2. The third-order valence-electron chi connectivity index (χ3n) is 4.45. The summed E-state index contributed by atoms with van der Waals surface area (Å²) in [6.07, 6.45) is 0.937. The summed E-state index contributed by atoms with van der Waals surface area (Å²) >= 11 is 0. The molecule has 0 aromatic carbocycles. The normalized spacial score (nSPS) is 27.7. The lowest BCUT2D eigenvalue weighted by Gasteiger charge is -2.31. The van der Waals surface area contributed by atoms with E-state index in [0.29, 0.717) is 38.3 Å². The van der Waals surface area contributed by atoms with Crippen molar-refractivity contribution < 1.29 is 23.6 Å². The lowest BCUT2D eigenvalue weighted by Crippen LogP contribution is -2.36. The number of aromatic nitrogens is 2. The van der Waals surface area contributed by atoms with E-state index >= 15 is 0 Å². The first kappa shape index (κ1) is 20.6. The minimum absolute atomic E-state index is 0.196. The van der Waals surface area contributed by atoms with Gasteiger partial charge in [-0.1, -0.05) is 0 Å². The summed E-state index contributed by atoms with van der Waals surface area (Å²) in [4.78, 5) is 30.7. The number of hydrogen-bond donors (Lipinski definition) is 2. The highest BCUT2D eigenvalue weighted by Gasteiger charge is 2.36. The molecule has 11 nitrogen and oxygen atoms in total. The number of aromatic amines is 1. The van der Waals surface area contributed by atoms with Gasteiger partial charge in [0.2, 0.25) is 0 Å². The number of morpholine rings is 1. The van der Waals surface area contributed by atoms with Crippen LogP contribution in [0.5, 0.6) is 0 Å². The van der Waals surface area contributed by atoms with Crippen LogP contribution < -0.4 is 17.0 Å². The van der Waals surface area contributed by atoms with Gasteiger partial charge in [-0.25, -0.2) is 14.4 Å². The largest absolute Gasteiger partial charge is 0.379 e. The lowest BCUT2D eigenvalue weighted by molar-refractivity contribution is -0.187. The first-order valence-corrected chi connectivity index (χ1v) is 9.82. The Kier molecular flexibility index (Phi) is 7.12. The molecule has 2 saturated heterocycles. The molecular formula is C15H25N4O7P. The molecule has 0 amide bonds. The van der Waals surface area contributed by atoms with E-state index in [9.17, 15) is 9.59 Å².